The van der Waals surface area contributed by atoms with Crippen molar-refractivity contribution in [3.8, 4) is 11.1 Å². The first-order valence-electron chi connectivity index (χ1n) is 18.5. The molecule has 2 bridgehead atoms. The molecule has 50 heavy (non-hydrogen) atoms. The van der Waals surface area contributed by atoms with Gasteiger partial charge < -0.3 is 24.6 Å². The van der Waals surface area contributed by atoms with Gasteiger partial charge in [-0.2, -0.15) is 0 Å². The minimum Gasteiger partial charge on any atom is -0.450 e. The predicted octanol–water partition coefficient (Wildman–Crippen LogP) is 8.26. The fourth-order valence-corrected chi connectivity index (χ4v) is 8.66. The summed E-state index contributed by atoms with van der Waals surface area (Å²) >= 11 is 0. The Morgan fingerprint density at radius 2 is 1.76 bits per heavy atom. The molecule has 1 saturated carbocycles. The lowest BCUT2D eigenvalue weighted by atomic mass is 9.64. The monoisotopic (exact) mass is 679 g/mol. The fourth-order valence-electron chi connectivity index (χ4n) is 8.66. The van der Waals surface area contributed by atoms with Gasteiger partial charge in [0.1, 0.15) is 0 Å². The number of aliphatic hydroxyl groups is 2. The molecule has 2 fully saturated rings. The number of aliphatic hydroxyl groups excluding tert-OH is 1. The highest BCUT2D eigenvalue weighted by Gasteiger charge is 2.58. The molecule has 7 rings (SSSR count). The van der Waals surface area contributed by atoms with Gasteiger partial charge in [0.05, 0.1) is 37.5 Å². The largest absolute Gasteiger partial charge is 0.450 e. The van der Waals surface area contributed by atoms with Crippen LogP contribution < -0.4 is 0 Å². The summed E-state index contributed by atoms with van der Waals surface area (Å²) in [6.45, 7) is 7.49. The van der Waals surface area contributed by atoms with Crippen LogP contribution in [0.3, 0.4) is 0 Å². The van der Waals surface area contributed by atoms with Crippen LogP contribution in [0.1, 0.15) is 105 Å². The topological polar surface area (TPSA) is 96.3 Å². The van der Waals surface area contributed by atoms with Gasteiger partial charge in [-0.25, -0.2) is 4.79 Å². The van der Waals surface area contributed by atoms with Crippen LogP contribution >= 0.6 is 0 Å². The SMILES string of the molecule is CCOC(=O)N(CC1CCCO1)CC1(O)CCC2c3ccc(cc3C(=O)c3ccccc3-c3ccccc3)CC(O)CCC(C)=CCCC21C. The number of allylic oxidation sites excluding steroid dienone is 2. The van der Waals surface area contributed by atoms with Crippen LogP contribution in [0.25, 0.3) is 11.1 Å². The maximum atomic E-state index is 14.9. The third kappa shape index (κ3) is 7.60. The smallest absolute Gasteiger partial charge is 0.409 e. The van der Waals surface area contributed by atoms with Gasteiger partial charge in [0.25, 0.3) is 0 Å². The Bertz CT molecular complexity index is 1680. The molecule has 1 heterocycles. The molecule has 0 spiro atoms. The minimum atomic E-state index is -1.24. The summed E-state index contributed by atoms with van der Waals surface area (Å²) in [7, 11) is 0. The molecule has 3 aliphatic carbocycles. The molecule has 7 nitrogen and oxygen atoms in total. The van der Waals surface area contributed by atoms with E-state index in [1.165, 1.54) is 5.57 Å². The van der Waals surface area contributed by atoms with Crippen molar-refractivity contribution in [2.45, 2.75) is 102 Å². The first kappa shape index (κ1) is 36.0. The zero-order valence-electron chi connectivity index (χ0n) is 29.9. The van der Waals surface area contributed by atoms with E-state index < -0.39 is 23.2 Å². The third-order valence-corrected chi connectivity index (χ3v) is 11.6. The zero-order chi connectivity index (χ0) is 35.3. The molecular formula is C43H53NO6. The first-order chi connectivity index (χ1) is 24.1. The van der Waals surface area contributed by atoms with Crippen LogP contribution in [-0.2, 0) is 15.9 Å². The van der Waals surface area contributed by atoms with Crippen molar-refractivity contribution in [2.75, 3.05) is 26.3 Å². The van der Waals surface area contributed by atoms with Gasteiger partial charge in [-0.3, -0.25) is 4.79 Å². The number of rotatable bonds is 8. The van der Waals surface area contributed by atoms with Crippen molar-refractivity contribution in [2.24, 2.45) is 5.41 Å². The van der Waals surface area contributed by atoms with E-state index >= 15 is 0 Å². The minimum absolute atomic E-state index is 0.0667. The average Bonchev–Trinajstić information content (AvgIpc) is 3.72. The van der Waals surface area contributed by atoms with E-state index in [1.54, 1.807) is 11.8 Å². The Morgan fingerprint density at radius 3 is 2.52 bits per heavy atom. The molecule has 4 aliphatic rings. The first-order valence-corrected chi connectivity index (χ1v) is 18.5. The van der Waals surface area contributed by atoms with Crippen molar-refractivity contribution >= 4 is 11.9 Å². The van der Waals surface area contributed by atoms with Gasteiger partial charge >= 0.3 is 6.09 Å². The molecule has 5 atom stereocenters. The van der Waals surface area contributed by atoms with Crippen LogP contribution in [0.15, 0.2) is 84.4 Å². The molecule has 0 aromatic heterocycles. The van der Waals surface area contributed by atoms with Crippen molar-refractivity contribution in [1.29, 1.82) is 0 Å². The summed E-state index contributed by atoms with van der Waals surface area (Å²) in [6.07, 6.45) is 7.43. The molecule has 1 aliphatic heterocycles. The molecule has 5 unspecified atom stereocenters. The highest BCUT2D eigenvalue weighted by Crippen LogP contribution is 2.59. The number of hydrogen-bond acceptors (Lipinski definition) is 6. The molecule has 2 N–H and O–H groups in total. The number of carbonyl (C=O) groups excluding carboxylic acids is 2. The van der Waals surface area contributed by atoms with Crippen LogP contribution in [0.5, 0.6) is 0 Å². The van der Waals surface area contributed by atoms with E-state index in [1.807, 2.05) is 66.7 Å². The van der Waals surface area contributed by atoms with Gasteiger partial charge in [0, 0.05) is 23.1 Å². The predicted molar refractivity (Wildman–Crippen MR) is 196 cm³/mol. The van der Waals surface area contributed by atoms with E-state index in [-0.39, 0.29) is 31.0 Å². The fraction of sp³-hybridized carbons (Fsp3) is 0.488. The maximum absolute atomic E-state index is 14.9. The van der Waals surface area contributed by atoms with E-state index in [2.05, 4.69) is 26.0 Å². The number of benzene rings is 3. The van der Waals surface area contributed by atoms with Crippen molar-refractivity contribution in [3.63, 3.8) is 0 Å². The molecule has 266 valence electrons. The third-order valence-electron chi connectivity index (χ3n) is 11.6. The number of nitrogens with zero attached hydrogens (tertiary/aromatic N) is 1. The van der Waals surface area contributed by atoms with Gasteiger partial charge in [-0.1, -0.05) is 85.3 Å². The Balaban J connectivity index is 1.44. The normalized spacial score (nSPS) is 26.9. The molecule has 1 amide bonds. The average molecular weight is 680 g/mol. The lowest BCUT2D eigenvalue weighted by Crippen LogP contribution is -2.55. The number of carbonyl (C=O) groups is 2. The van der Waals surface area contributed by atoms with E-state index in [0.29, 0.717) is 56.4 Å². The highest BCUT2D eigenvalue weighted by atomic mass is 16.6. The number of ketones is 1. The van der Waals surface area contributed by atoms with Crippen molar-refractivity contribution < 1.29 is 29.3 Å². The number of ether oxygens (including phenoxy) is 2. The standard InChI is InChI=1S/C43H53NO6/c1-4-49-41(47)44(28-34-15-11-25-50-34)29-43(48)24-22-39-36-21-19-31(26-33(45)20-18-30(2)12-10-23-42(39,43)3)27-38(36)40(46)37-17-9-8-16-35(37)32-13-6-5-7-14-32/h5-9,12-14,16-17,19,21,27,33-34,39,45,48H,4,10-11,15,18,20,22-26,28-29H2,1-3H3. The molecule has 0 radical (unpaired) electrons. The molecule has 3 aromatic rings. The Morgan fingerprint density at radius 1 is 0.980 bits per heavy atom. The Labute approximate surface area is 297 Å². The summed E-state index contributed by atoms with van der Waals surface area (Å²) in [5, 5.41) is 23.9. The second-order valence-corrected chi connectivity index (χ2v) is 14.9. The molecular weight excluding hydrogens is 626 g/mol. The van der Waals surface area contributed by atoms with E-state index in [0.717, 1.165) is 47.9 Å². The molecule has 7 heteroatoms. The summed E-state index contributed by atoms with van der Waals surface area (Å²) in [4.78, 5) is 29.9. The van der Waals surface area contributed by atoms with Crippen molar-refractivity contribution in [1.82, 2.24) is 4.90 Å². The molecule has 3 aromatic carbocycles. The van der Waals surface area contributed by atoms with Crippen LogP contribution in [0.2, 0.25) is 0 Å². The Hall–Kier alpha value is -3.78. The highest BCUT2D eigenvalue weighted by molar-refractivity contribution is 6.13. The second kappa shape index (κ2) is 15.6. The maximum Gasteiger partial charge on any atom is 0.409 e. The Kier molecular flexibility index (Phi) is 11.3. The summed E-state index contributed by atoms with van der Waals surface area (Å²) in [5.74, 6) is -0.222. The van der Waals surface area contributed by atoms with Gasteiger partial charge in [0.15, 0.2) is 5.78 Å². The van der Waals surface area contributed by atoms with Gasteiger partial charge in [-0.15, -0.1) is 0 Å². The van der Waals surface area contributed by atoms with Gasteiger partial charge in [0.2, 0.25) is 0 Å². The van der Waals surface area contributed by atoms with E-state index in [9.17, 15) is 19.8 Å². The lowest BCUT2D eigenvalue weighted by molar-refractivity contribution is -0.0851. The van der Waals surface area contributed by atoms with Crippen LogP contribution in [0.4, 0.5) is 4.79 Å². The zero-order valence-corrected chi connectivity index (χ0v) is 29.9. The van der Waals surface area contributed by atoms with Crippen molar-refractivity contribution in [3.05, 3.63) is 107 Å². The van der Waals surface area contributed by atoms with E-state index in [4.69, 9.17) is 9.47 Å². The number of fused-ring (bicyclic) bond motifs is 8. The van der Waals surface area contributed by atoms with Crippen LogP contribution in [-0.4, -0.2) is 71.1 Å². The van der Waals surface area contributed by atoms with Gasteiger partial charge in [-0.05, 0) is 106 Å². The summed E-state index contributed by atoms with van der Waals surface area (Å²) in [6, 6.07) is 23.8. The summed E-state index contributed by atoms with van der Waals surface area (Å²) in [5.41, 5.74) is 4.21. The summed E-state index contributed by atoms with van der Waals surface area (Å²) < 4.78 is 11.4. The number of amides is 1. The molecule has 1 saturated heterocycles. The second-order valence-electron chi connectivity index (χ2n) is 14.9. The quantitative estimate of drug-likeness (QED) is 0.184. The lowest BCUT2D eigenvalue weighted by Gasteiger charge is -2.46. The van der Waals surface area contributed by atoms with Crippen LogP contribution in [0, 0.1) is 5.41 Å². The number of hydrogen-bond donors (Lipinski definition) is 2.